The largest absolute Gasteiger partial charge is 0.338 e. The Kier molecular flexibility index (Phi) is 4.39. The molecule has 2 aromatic rings. The maximum atomic E-state index is 4.45. The minimum atomic E-state index is 0.573. The van der Waals surface area contributed by atoms with Crippen molar-refractivity contribution in [1.29, 1.82) is 0 Å². The van der Waals surface area contributed by atoms with E-state index < -0.39 is 0 Å². The molecule has 3 nitrogen and oxygen atoms in total. The Morgan fingerprint density at radius 2 is 2.14 bits per heavy atom. The summed E-state index contributed by atoms with van der Waals surface area (Å²) < 4.78 is 2.13. The van der Waals surface area contributed by atoms with Crippen molar-refractivity contribution in [3.8, 4) is 0 Å². The first-order valence-electron chi connectivity index (χ1n) is 7.99. The van der Waals surface area contributed by atoms with E-state index in [2.05, 4.69) is 53.1 Å². The smallest absolute Gasteiger partial charge is 0.108 e. The summed E-state index contributed by atoms with van der Waals surface area (Å²) in [6.07, 6.45) is 8.80. The first kappa shape index (κ1) is 14.3. The SMILES string of the molecule is Cc1ccccc1C(CCc1nccn1C)CNC1CC1. The van der Waals surface area contributed by atoms with Gasteiger partial charge in [0.15, 0.2) is 0 Å². The van der Waals surface area contributed by atoms with Crippen LogP contribution in [0.25, 0.3) is 0 Å². The van der Waals surface area contributed by atoms with Gasteiger partial charge < -0.3 is 9.88 Å². The molecule has 3 heteroatoms. The second kappa shape index (κ2) is 6.44. The molecule has 1 aromatic carbocycles. The average molecular weight is 283 g/mol. The zero-order chi connectivity index (χ0) is 14.7. The standard InChI is InChI=1S/C18H25N3/c1-14-5-3-4-6-17(14)15(13-20-16-8-9-16)7-10-18-19-11-12-21(18)2/h3-6,11-12,15-16,20H,7-10,13H2,1-2H3. The average Bonchev–Trinajstić information content (AvgIpc) is 3.22. The number of aryl methyl sites for hydroxylation is 3. The lowest BCUT2D eigenvalue weighted by Crippen LogP contribution is -2.24. The summed E-state index contributed by atoms with van der Waals surface area (Å²) in [5.74, 6) is 1.75. The highest BCUT2D eigenvalue weighted by atomic mass is 15.0. The summed E-state index contributed by atoms with van der Waals surface area (Å²) in [7, 11) is 2.08. The van der Waals surface area contributed by atoms with Gasteiger partial charge >= 0.3 is 0 Å². The van der Waals surface area contributed by atoms with Gasteiger partial charge in [0.25, 0.3) is 0 Å². The fourth-order valence-corrected chi connectivity index (χ4v) is 2.95. The quantitative estimate of drug-likeness (QED) is 0.845. The number of rotatable bonds is 7. The van der Waals surface area contributed by atoms with E-state index in [0.717, 1.165) is 25.4 Å². The van der Waals surface area contributed by atoms with E-state index in [4.69, 9.17) is 0 Å². The molecule has 0 bridgehead atoms. The van der Waals surface area contributed by atoms with Crippen molar-refractivity contribution in [3.05, 3.63) is 53.6 Å². The fourth-order valence-electron chi connectivity index (χ4n) is 2.95. The molecule has 1 unspecified atom stereocenters. The van der Waals surface area contributed by atoms with Crippen molar-refractivity contribution in [2.24, 2.45) is 7.05 Å². The highest BCUT2D eigenvalue weighted by Gasteiger charge is 2.23. The van der Waals surface area contributed by atoms with Gasteiger partial charge in [0.05, 0.1) is 0 Å². The van der Waals surface area contributed by atoms with Crippen molar-refractivity contribution >= 4 is 0 Å². The molecular formula is C18H25N3. The van der Waals surface area contributed by atoms with Crippen molar-refractivity contribution < 1.29 is 0 Å². The van der Waals surface area contributed by atoms with Gasteiger partial charge in [0, 0.05) is 38.4 Å². The molecule has 0 spiro atoms. The fraction of sp³-hybridized carbons (Fsp3) is 0.500. The Hall–Kier alpha value is -1.61. The second-order valence-electron chi connectivity index (χ2n) is 6.23. The molecule has 1 heterocycles. The maximum absolute atomic E-state index is 4.45. The van der Waals surface area contributed by atoms with E-state index in [1.807, 2.05) is 12.4 Å². The molecule has 1 aromatic heterocycles. The Labute approximate surface area is 127 Å². The van der Waals surface area contributed by atoms with E-state index in [1.54, 1.807) is 0 Å². The molecule has 21 heavy (non-hydrogen) atoms. The summed E-state index contributed by atoms with van der Waals surface area (Å²) in [6.45, 7) is 3.31. The second-order valence-corrected chi connectivity index (χ2v) is 6.23. The van der Waals surface area contributed by atoms with Crippen LogP contribution in [-0.2, 0) is 13.5 Å². The zero-order valence-electron chi connectivity index (χ0n) is 13.0. The molecule has 0 amide bonds. The van der Waals surface area contributed by atoms with Gasteiger partial charge in [-0.2, -0.15) is 0 Å². The number of imidazole rings is 1. The Balaban J connectivity index is 1.69. The Bertz CT molecular complexity index is 584. The molecular weight excluding hydrogens is 258 g/mol. The molecule has 1 N–H and O–H groups in total. The molecule has 112 valence electrons. The number of aromatic nitrogens is 2. The monoisotopic (exact) mass is 283 g/mol. The number of hydrogen-bond donors (Lipinski definition) is 1. The molecule has 3 rings (SSSR count). The van der Waals surface area contributed by atoms with Gasteiger partial charge in [0.2, 0.25) is 0 Å². The first-order valence-corrected chi connectivity index (χ1v) is 7.99. The normalized spacial score (nSPS) is 16.1. The van der Waals surface area contributed by atoms with Crippen molar-refractivity contribution in [1.82, 2.24) is 14.9 Å². The molecule has 0 radical (unpaired) electrons. The van der Waals surface area contributed by atoms with Gasteiger partial charge in [-0.05, 0) is 43.2 Å². The van der Waals surface area contributed by atoms with Gasteiger partial charge in [0.1, 0.15) is 5.82 Å². The van der Waals surface area contributed by atoms with E-state index in [1.165, 1.54) is 29.8 Å². The summed E-state index contributed by atoms with van der Waals surface area (Å²) >= 11 is 0. The van der Waals surface area contributed by atoms with Crippen LogP contribution in [0.1, 0.15) is 42.1 Å². The Morgan fingerprint density at radius 1 is 1.33 bits per heavy atom. The molecule has 1 aliphatic rings. The van der Waals surface area contributed by atoms with Gasteiger partial charge in [-0.25, -0.2) is 4.98 Å². The minimum absolute atomic E-state index is 0.573. The third-order valence-electron chi connectivity index (χ3n) is 4.50. The predicted molar refractivity (Wildman–Crippen MR) is 86.5 cm³/mol. The number of nitrogens with one attached hydrogen (secondary N) is 1. The number of nitrogens with zero attached hydrogens (tertiary/aromatic N) is 2. The van der Waals surface area contributed by atoms with Crippen molar-refractivity contribution in [2.75, 3.05) is 6.54 Å². The lowest BCUT2D eigenvalue weighted by molar-refractivity contribution is 0.536. The van der Waals surface area contributed by atoms with Crippen LogP contribution >= 0.6 is 0 Å². The summed E-state index contributed by atoms with van der Waals surface area (Å²) in [6, 6.07) is 9.56. The van der Waals surface area contributed by atoms with Gasteiger partial charge in [-0.1, -0.05) is 24.3 Å². The van der Waals surface area contributed by atoms with Crippen LogP contribution in [0.4, 0.5) is 0 Å². The van der Waals surface area contributed by atoms with E-state index in [0.29, 0.717) is 5.92 Å². The molecule has 0 saturated heterocycles. The number of benzene rings is 1. The predicted octanol–water partition coefficient (Wildman–Crippen LogP) is 3.20. The lowest BCUT2D eigenvalue weighted by atomic mass is 9.90. The molecule has 1 saturated carbocycles. The minimum Gasteiger partial charge on any atom is -0.338 e. The van der Waals surface area contributed by atoms with E-state index >= 15 is 0 Å². The van der Waals surface area contributed by atoms with E-state index in [-0.39, 0.29) is 0 Å². The maximum Gasteiger partial charge on any atom is 0.108 e. The highest BCUT2D eigenvalue weighted by Crippen LogP contribution is 2.26. The molecule has 1 atom stereocenters. The van der Waals surface area contributed by atoms with Crippen LogP contribution < -0.4 is 5.32 Å². The first-order chi connectivity index (χ1) is 10.2. The summed E-state index contributed by atoms with van der Waals surface area (Å²) in [5, 5.41) is 3.70. The topological polar surface area (TPSA) is 29.9 Å². The Morgan fingerprint density at radius 3 is 2.81 bits per heavy atom. The highest BCUT2D eigenvalue weighted by molar-refractivity contribution is 5.29. The molecule has 1 fully saturated rings. The van der Waals surface area contributed by atoms with Crippen LogP contribution in [0, 0.1) is 6.92 Å². The van der Waals surface area contributed by atoms with Crippen LogP contribution in [0.15, 0.2) is 36.7 Å². The van der Waals surface area contributed by atoms with Crippen LogP contribution in [0.2, 0.25) is 0 Å². The van der Waals surface area contributed by atoms with Crippen LogP contribution in [0.3, 0.4) is 0 Å². The van der Waals surface area contributed by atoms with Crippen LogP contribution in [-0.4, -0.2) is 22.1 Å². The van der Waals surface area contributed by atoms with Gasteiger partial charge in [-0.3, -0.25) is 0 Å². The molecule has 1 aliphatic carbocycles. The third-order valence-corrected chi connectivity index (χ3v) is 4.50. The van der Waals surface area contributed by atoms with Crippen molar-refractivity contribution in [2.45, 2.75) is 44.6 Å². The summed E-state index contributed by atoms with van der Waals surface area (Å²) in [4.78, 5) is 4.45. The number of hydrogen-bond acceptors (Lipinski definition) is 2. The third kappa shape index (κ3) is 3.73. The van der Waals surface area contributed by atoms with Crippen molar-refractivity contribution in [3.63, 3.8) is 0 Å². The zero-order valence-corrected chi connectivity index (χ0v) is 13.0. The lowest BCUT2D eigenvalue weighted by Gasteiger charge is -2.20. The van der Waals surface area contributed by atoms with Crippen LogP contribution in [0.5, 0.6) is 0 Å². The molecule has 0 aliphatic heterocycles. The summed E-state index contributed by atoms with van der Waals surface area (Å²) in [5.41, 5.74) is 2.89. The van der Waals surface area contributed by atoms with E-state index in [9.17, 15) is 0 Å². The van der Waals surface area contributed by atoms with Gasteiger partial charge in [-0.15, -0.1) is 0 Å².